The molecule has 0 unspecified atom stereocenters. The first-order valence-electron chi connectivity index (χ1n) is 12.0. The molecule has 1 aromatic heterocycles. The van der Waals surface area contributed by atoms with E-state index in [1.807, 2.05) is 58.6 Å². The molecule has 0 radical (unpaired) electrons. The van der Waals surface area contributed by atoms with Gasteiger partial charge in [-0.15, -0.1) is 0 Å². The van der Waals surface area contributed by atoms with Gasteiger partial charge in [0.25, 0.3) is 0 Å². The van der Waals surface area contributed by atoms with Gasteiger partial charge >= 0.3 is 0 Å². The smallest absolute Gasteiger partial charge is 0.244 e. The van der Waals surface area contributed by atoms with E-state index in [-0.39, 0.29) is 5.92 Å². The Morgan fingerprint density at radius 3 is 2.06 bits per heavy atom. The molecule has 4 rings (SSSR count). The third-order valence-corrected chi connectivity index (χ3v) is 5.52. The van der Waals surface area contributed by atoms with E-state index in [1.54, 1.807) is 0 Å². The lowest BCUT2D eigenvalue weighted by atomic mass is 10.1. The first-order valence-corrected chi connectivity index (χ1v) is 12.0. The number of aromatic nitrogens is 1. The second kappa shape index (κ2) is 11.7. The SMILES string of the molecule is CC.CC.Cc1cc(C)c(Oc2nc(N3CCN(C(=O)C4CC4)CC3)ccc2N)c(C)c1. The minimum Gasteiger partial charge on any atom is -0.436 e. The normalized spacial score (nSPS) is 15.2. The average molecular weight is 441 g/mol. The van der Waals surface area contributed by atoms with Gasteiger partial charge in [0.2, 0.25) is 11.8 Å². The number of anilines is 2. The Morgan fingerprint density at radius 2 is 1.53 bits per heavy atom. The van der Waals surface area contributed by atoms with Crippen molar-refractivity contribution in [1.29, 1.82) is 0 Å². The van der Waals surface area contributed by atoms with Crippen LogP contribution in [0, 0.1) is 26.7 Å². The quantitative estimate of drug-likeness (QED) is 0.680. The maximum absolute atomic E-state index is 12.2. The van der Waals surface area contributed by atoms with Crippen LogP contribution in [0.15, 0.2) is 24.3 Å². The molecule has 2 heterocycles. The number of ether oxygens (including phenoxy) is 1. The Labute approximate surface area is 193 Å². The average Bonchev–Trinajstić information content (AvgIpc) is 3.65. The zero-order valence-electron chi connectivity index (χ0n) is 20.9. The van der Waals surface area contributed by atoms with Crippen molar-refractivity contribution in [2.24, 2.45) is 5.92 Å². The molecule has 2 fully saturated rings. The Hall–Kier alpha value is -2.76. The van der Waals surface area contributed by atoms with Crippen molar-refractivity contribution in [1.82, 2.24) is 9.88 Å². The van der Waals surface area contributed by atoms with Crippen LogP contribution in [0.25, 0.3) is 0 Å². The van der Waals surface area contributed by atoms with E-state index in [2.05, 4.69) is 28.9 Å². The Morgan fingerprint density at radius 1 is 0.969 bits per heavy atom. The van der Waals surface area contributed by atoms with Gasteiger partial charge in [0.15, 0.2) is 0 Å². The Balaban J connectivity index is 0.000000860. The van der Waals surface area contributed by atoms with E-state index in [0.29, 0.717) is 17.5 Å². The molecule has 0 spiro atoms. The van der Waals surface area contributed by atoms with Crippen molar-refractivity contribution in [3.05, 3.63) is 41.0 Å². The number of hydrogen-bond acceptors (Lipinski definition) is 5. The summed E-state index contributed by atoms with van der Waals surface area (Å²) in [6, 6.07) is 7.96. The maximum atomic E-state index is 12.2. The Bertz CT molecular complexity index is 878. The summed E-state index contributed by atoms with van der Waals surface area (Å²) < 4.78 is 6.13. The fourth-order valence-electron chi connectivity index (χ4n) is 3.87. The number of carbonyl (C=O) groups is 1. The van der Waals surface area contributed by atoms with E-state index in [1.165, 1.54) is 5.56 Å². The monoisotopic (exact) mass is 440 g/mol. The highest BCUT2D eigenvalue weighted by Crippen LogP contribution is 2.34. The first kappa shape index (κ1) is 25.5. The third kappa shape index (κ3) is 6.15. The number of aryl methyl sites for hydroxylation is 3. The summed E-state index contributed by atoms with van der Waals surface area (Å²) in [5, 5.41) is 0. The molecule has 0 bridgehead atoms. The number of nitrogens with zero attached hydrogens (tertiary/aromatic N) is 3. The number of nitrogens with two attached hydrogens (primary N) is 1. The fourth-order valence-corrected chi connectivity index (χ4v) is 3.87. The van der Waals surface area contributed by atoms with Crippen molar-refractivity contribution < 1.29 is 9.53 Å². The van der Waals surface area contributed by atoms with Gasteiger partial charge in [0.1, 0.15) is 11.6 Å². The molecule has 1 aromatic carbocycles. The van der Waals surface area contributed by atoms with Crippen molar-refractivity contribution in [2.45, 2.75) is 61.3 Å². The number of carbonyl (C=O) groups excluding carboxylic acids is 1. The molecule has 1 amide bonds. The molecule has 6 nitrogen and oxygen atoms in total. The summed E-state index contributed by atoms with van der Waals surface area (Å²) in [7, 11) is 0. The number of pyridine rings is 1. The first-order chi connectivity index (χ1) is 15.4. The number of benzene rings is 1. The van der Waals surface area contributed by atoms with Gasteiger partial charge in [-0.2, -0.15) is 4.98 Å². The van der Waals surface area contributed by atoms with E-state index in [9.17, 15) is 4.79 Å². The molecule has 0 atom stereocenters. The lowest BCUT2D eigenvalue weighted by Crippen LogP contribution is -2.49. The molecule has 1 aliphatic carbocycles. The summed E-state index contributed by atoms with van der Waals surface area (Å²) >= 11 is 0. The van der Waals surface area contributed by atoms with Gasteiger partial charge in [-0.3, -0.25) is 4.79 Å². The largest absolute Gasteiger partial charge is 0.436 e. The number of amides is 1. The summed E-state index contributed by atoms with van der Waals surface area (Å²) in [5.41, 5.74) is 10.00. The number of nitrogen functional groups attached to an aromatic ring is 1. The predicted octanol–water partition coefficient (Wildman–Crippen LogP) is 5.49. The zero-order chi connectivity index (χ0) is 23.8. The number of piperazine rings is 1. The van der Waals surface area contributed by atoms with Crippen LogP contribution in [0.1, 0.15) is 57.2 Å². The van der Waals surface area contributed by atoms with E-state index in [0.717, 1.165) is 61.7 Å². The molecular formula is C26H40N4O2. The molecule has 6 heteroatoms. The molecule has 1 saturated heterocycles. The summed E-state index contributed by atoms with van der Waals surface area (Å²) in [6.45, 7) is 17.2. The number of hydrogen-bond donors (Lipinski definition) is 1. The van der Waals surface area contributed by atoms with Crippen LogP contribution in [0.5, 0.6) is 11.6 Å². The van der Waals surface area contributed by atoms with Crippen LogP contribution in [-0.2, 0) is 4.79 Å². The van der Waals surface area contributed by atoms with Crippen molar-refractivity contribution in [3.8, 4) is 11.6 Å². The van der Waals surface area contributed by atoms with Crippen molar-refractivity contribution in [2.75, 3.05) is 36.8 Å². The topological polar surface area (TPSA) is 71.7 Å². The lowest BCUT2D eigenvalue weighted by molar-refractivity contribution is -0.132. The Kier molecular flexibility index (Phi) is 9.36. The molecule has 2 aromatic rings. The van der Waals surface area contributed by atoms with Gasteiger partial charge < -0.3 is 20.3 Å². The van der Waals surface area contributed by atoms with Crippen LogP contribution >= 0.6 is 0 Å². The van der Waals surface area contributed by atoms with Crippen LogP contribution < -0.4 is 15.4 Å². The van der Waals surface area contributed by atoms with Crippen LogP contribution in [-0.4, -0.2) is 42.0 Å². The van der Waals surface area contributed by atoms with E-state index in [4.69, 9.17) is 10.5 Å². The van der Waals surface area contributed by atoms with Crippen LogP contribution in [0.2, 0.25) is 0 Å². The van der Waals surface area contributed by atoms with Crippen molar-refractivity contribution in [3.63, 3.8) is 0 Å². The summed E-state index contributed by atoms with van der Waals surface area (Å²) in [4.78, 5) is 21.1. The second-order valence-electron chi connectivity index (χ2n) is 7.98. The van der Waals surface area contributed by atoms with Gasteiger partial charge in [0, 0.05) is 32.1 Å². The molecule has 1 aliphatic heterocycles. The highest BCUT2D eigenvalue weighted by atomic mass is 16.5. The number of rotatable bonds is 4. The fraction of sp³-hybridized carbons (Fsp3) is 0.538. The summed E-state index contributed by atoms with van der Waals surface area (Å²) in [6.07, 6.45) is 2.11. The molecular weight excluding hydrogens is 400 g/mol. The molecule has 2 N–H and O–H groups in total. The zero-order valence-corrected chi connectivity index (χ0v) is 20.9. The van der Waals surface area contributed by atoms with Gasteiger partial charge in [-0.05, 0) is 56.9 Å². The van der Waals surface area contributed by atoms with Crippen LogP contribution in [0.3, 0.4) is 0 Å². The standard InChI is InChI=1S/C22H28N4O2.2C2H6/c1-14-12-15(2)20(16(3)13-14)28-21-18(23)6-7-19(24-21)25-8-10-26(11-9-25)22(27)17-4-5-17;2*1-2/h6-7,12-13,17H,4-5,8-11,23H2,1-3H3;2*1-2H3. The highest BCUT2D eigenvalue weighted by molar-refractivity contribution is 5.81. The minimum atomic E-state index is 0.280. The molecule has 1 saturated carbocycles. The maximum Gasteiger partial charge on any atom is 0.244 e. The predicted molar refractivity (Wildman–Crippen MR) is 134 cm³/mol. The second-order valence-corrected chi connectivity index (χ2v) is 7.98. The molecule has 2 aliphatic rings. The van der Waals surface area contributed by atoms with E-state index >= 15 is 0 Å². The van der Waals surface area contributed by atoms with Crippen LogP contribution in [0.4, 0.5) is 11.5 Å². The highest BCUT2D eigenvalue weighted by Gasteiger charge is 2.34. The minimum absolute atomic E-state index is 0.280. The van der Waals surface area contributed by atoms with Crippen molar-refractivity contribution >= 4 is 17.4 Å². The van der Waals surface area contributed by atoms with Gasteiger partial charge in [-0.1, -0.05) is 45.4 Å². The van der Waals surface area contributed by atoms with Gasteiger partial charge in [-0.25, -0.2) is 0 Å². The lowest BCUT2D eigenvalue weighted by Gasteiger charge is -2.35. The molecule has 32 heavy (non-hydrogen) atoms. The van der Waals surface area contributed by atoms with E-state index < -0.39 is 0 Å². The van der Waals surface area contributed by atoms with Gasteiger partial charge in [0.05, 0.1) is 5.69 Å². The molecule has 176 valence electrons. The summed E-state index contributed by atoms with van der Waals surface area (Å²) in [5.74, 6) is 2.68. The third-order valence-electron chi connectivity index (χ3n) is 5.52.